The van der Waals surface area contributed by atoms with Crippen LogP contribution in [0.15, 0.2) is 35.5 Å². The number of hydrazone groups is 1. The average molecular weight is 297 g/mol. The lowest BCUT2D eigenvalue weighted by atomic mass is 9.96. The highest BCUT2D eigenvalue weighted by Crippen LogP contribution is 2.21. The molecule has 0 radical (unpaired) electrons. The maximum atomic E-state index is 11.9. The molecule has 2 rings (SSSR count). The van der Waals surface area contributed by atoms with Crippen molar-refractivity contribution < 1.29 is 4.79 Å². The summed E-state index contributed by atoms with van der Waals surface area (Å²) in [4.78, 5) is 11.9. The summed E-state index contributed by atoms with van der Waals surface area (Å²) in [6, 6.07) is 4.74. The van der Waals surface area contributed by atoms with E-state index in [2.05, 4.69) is 22.7 Å². The van der Waals surface area contributed by atoms with Crippen molar-refractivity contribution in [1.82, 2.24) is 5.43 Å². The van der Waals surface area contributed by atoms with Crippen molar-refractivity contribution in [2.45, 2.75) is 19.3 Å². The zero-order valence-electron chi connectivity index (χ0n) is 10.3. The summed E-state index contributed by atoms with van der Waals surface area (Å²) in [5, 5.41) is 4.80. The van der Waals surface area contributed by atoms with E-state index in [0.717, 1.165) is 19.3 Å². The second-order valence-electron chi connectivity index (χ2n) is 4.39. The number of hydrogen-bond donors (Lipinski definition) is 1. The van der Waals surface area contributed by atoms with Crippen molar-refractivity contribution in [2.24, 2.45) is 11.0 Å². The smallest absolute Gasteiger partial charge is 0.267 e. The van der Waals surface area contributed by atoms with Crippen LogP contribution in [0.5, 0.6) is 0 Å². The Balaban J connectivity index is 1.93. The van der Waals surface area contributed by atoms with Gasteiger partial charge in [-0.3, -0.25) is 4.79 Å². The lowest BCUT2D eigenvalue weighted by molar-refractivity contribution is 0.0955. The van der Waals surface area contributed by atoms with E-state index >= 15 is 0 Å². The Hall–Kier alpha value is -1.32. The Kier molecular flexibility index (Phi) is 5.00. The normalized spacial score (nSPS) is 18.7. The van der Waals surface area contributed by atoms with E-state index in [1.807, 2.05) is 0 Å². The summed E-state index contributed by atoms with van der Waals surface area (Å²) in [5.74, 6) is 0.0651. The van der Waals surface area contributed by atoms with Crippen molar-refractivity contribution >= 4 is 35.3 Å². The molecule has 1 unspecified atom stereocenters. The van der Waals surface area contributed by atoms with E-state index in [1.165, 1.54) is 6.07 Å². The van der Waals surface area contributed by atoms with Gasteiger partial charge in [0.25, 0.3) is 5.91 Å². The quantitative estimate of drug-likeness (QED) is 0.510. The summed E-state index contributed by atoms with van der Waals surface area (Å²) in [6.07, 6.45) is 9.19. The van der Waals surface area contributed by atoms with Crippen LogP contribution in [0.4, 0.5) is 0 Å². The van der Waals surface area contributed by atoms with Crippen molar-refractivity contribution in [2.75, 3.05) is 0 Å². The number of nitrogens with one attached hydrogen (secondary N) is 1. The van der Waals surface area contributed by atoms with Gasteiger partial charge in [0.1, 0.15) is 0 Å². The number of carbonyl (C=O) groups excluding carboxylic acids is 1. The van der Waals surface area contributed by atoms with Crippen LogP contribution in [-0.2, 0) is 0 Å². The van der Waals surface area contributed by atoms with Gasteiger partial charge in [0, 0.05) is 11.2 Å². The Morgan fingerprint density at radius 3 is 2.89 bits per heavy atom. The van der Waals surface area contributed by atoms with Crippen LogP contribution < -0.4 is 5.43 Å². The highest BCUT2D eigenvalue weighted by Gasteiger charge is 2.10. The summed E-state index contributed by atoms with van der Waals surface area (Å²) < 4.78 is 0. The van der Waals surface area contributed by atoms with Gasteiger partial charge in [-0.25, -0.2) is 5.43 Å². The van der Waals surface area contributed by atoms with Crippen LogP contribution >= 0.6 is 23.2 Å². The molecule has 19 heavy (non-hydrogen) atoms. The molecule has 1 atom stereocenters. The highest BCUT2D eigenvalue weighted by molar-refractivity contribution is 6.36. The minimum absolute atomic E-state index is 0.320. The maximum absolute atomic E-state index is 11.9. The van der Waals surface area contributed by atoms with Crippen molar-refractivity contribution in [1.29, 1.82) is 0 Å². The predicted molar refractivity (Wildman–Crippen MR) is 78.9 cm³/mol. The van der Waals surface area contributed by atoms with E-state index < -0.39 is 0 Å². The van der Waals surface area contributed by atoms with Crippen LogP contribution in [0.3, 0.4) is 0 Å². The van der Waals surface area contributed by atoms with E-state index in [0.29, 0.717) is 21.5 Å². The molecule has 3 nitrogen and oxygen atoms in total. The van der Waals surface area contributed by atoms with Crippen LogP contribution in [0.25, 0.3) is 0 Å². The van der Waals surface area contributed by atoms with Crippen molar-refractivity contribution in [3.8, 4) is 0 Å². The SMILES string of the molecule is O=C(NN=CC1CC=CCC1)c1ccc(Cl)cc1Cl. The number of hydrogen-bond acceptors (Lipinski definition) is 2. The van der Waals surface area contributed by atoms with Gasteiger partial charge in [-0.2, -0.15) is 5.10 Å². The molecule has 1 aliphatic carbocycles. The first-order valence-corrected chi connectivity index (χ1v) is 6.86. The molecule has 0 saturated carbocycles. The van der Waals surface area contributed by atoms with Gasteiger partial charge in [0.05, 0.1) is 10.6 Å². The van der Waals surface area contributed by atoms with E-state index in [4.69, 9.17) is 23.2 Å². The second kappa shape index (κ2) is 6.73. The predicted octanol–water partition coefficient (Wildman–Crippen LogP) is 4.07. The summed E-state index contributed by atoms with van der Waals surface area (Å²) in [7, 11) is 0. The fraction of sp³-hybridized carbons (Fsp3) is 0.286. The Bertz CT molecular complexity index is 526. The molecular formula is C14H14Cl2N2O. The third-order valence-electron chi connectivity index (χ3n) is 2.94. The van der Waals surface area contributed by atoms with Gasteiger partial charge in [0.15, 0.2) is 0 Å². The summed E-state index contributed by atoms with van der Waals surface area (Å²) in [5.41, 5.74) is 2.85. The highest BCUT2D eigenvalue weighted by atomic mass is 35.5. The molecule has 0 spiro atoms. The number of benzene rings is 1. The topological polar surface area (TPSA) is 41.5 Å². The molecule has 1 aromatic carbocycles. The van der Waals surface area contributed by atoms with Crippen LogP contribution in [-0.4, -0.2) is 12.1 Å². The Morgan fingerprint density at radius 2 is 2.21 bits per heavy atom. The van der Waals surface area contributed by atoms with Gasteiger partial charge in [-0.15, -0.1) is 0 Å². The largest absolute Gasteiger partial charge is 0.272 e. The number of carbonyl (C=O) groups is 1. The number of rotatable bonds is 3. The first kappa shape index (κ1) is 14.1. The molecule has 1 amide bonds. The van der Waals surface area contributed by atoms with E-state index in [1.54, 1.807) is 18.3 Å². The Morgan fingerprint density at radius 1 is 1.37 bits per heavy atom. The molecule has 100 valence electrons. The van der Waals surface area contributed by atoms with E-state index in [-0.39, 0.29) is 5.91 Å². The van der Waals surface area contributed by atoms with Gasteiger partial charge in [0.2, 0.25) is 0 Å². The van der Waals surface area contributed by atoms with Crippen molar-refractivity contribution in [3.05, 3.63) is 46.0 Å². The zero-order chi connectivity index (χ0) is 13.7. The molecule has 1 N–H and O–H groups in total. The first-order chi connectivity index (χ1) is 9.16. The summed E-state index contributed by atoms with van der Waals surface area (Å²) in [6.45, 7) is 0. The minimum atomic E-state index is -0.329. The molecule has 1 aromatic rings. The number of amides is 1. The van der Waals surface area contributed by atoms with Crippen LogP contribution in [0, 0.1) is 5.92 Å². The maximum Gasteiger partial charge on any atom is 0.272 e. The average Bonchev–Trinajstić information content (AvgIpc) is 2.39. The van der Waals surface area contributed by atoms with Crippen LogP contribution in [0.1, 0.15) is 29.6 Å². The minimum Gasteiger partial charge on any atom is -0.267 e. The van der Waals surface area contributed by atoms with E-state index in [9.17, 15) is 4.79 Å². The third-order valence-corrected chi connectivity index (χ3v) is 3.48. The molecular weight excluding hydrogens is 283 g/mol. The second-order valence-corrected chi connectivity index (χ2v) is 5.23. The zero-order valence-corrected chi connectivity index (χ0v) is 11.8. The van der Waals surface area contributed by atoms with Crippen molar-refractivity contribution in [3.63, 3.8) is 0 Å². The Labute approximate surface area is 122 Å². The van der Waals surface area contributed by atoms with Crippen LogP contribution in [0.2, 0.25) is 10.0 Å². The molecule has 0 bridgehead atoms. The molecule has 1 aliphatic rings. The fourth-order valence-corrected chi connectivity index (χ4v) is 2.38. The molecule has 5 heteroatoms. The fourth-order valence-electron chi connectivity index (χ4n) is 1.89. The summed E-state index contributed by atoms with van der Waals surface area (Å²) >= 11 is 11.7. The number of halogens is 2. The molecule has 0 fully saturated rings. The number of nitrogens with zero attached hydrogens (tertiary/aromatic N) is 1. The molecule has 0 aliphatic heterocycles. The first-order valence-electron chi connectivity index (χ1n) is 6.10. The van der Waals surface area contributed by atoms with Gasteiger partial charge < -0.3 is 0 Å². The molecule has 0 heterocycles. The molecule has 0 saturated heterocycles. The lowest BCUT2D eigenvalue weighted by Gasteiger charge is -2.11. The number of allylic oxidation sites excluding steroid dienone is 2. The standard InChI is InChI=1S/C14H14Cl2N2O/c15-11-6-7-12(13(16)8-11)14(19)18-17-9-10-4-2-1-3-5-10/h1-2,6-10H,3-5H2,(H,18,19). The van der Waals surface area contributed by atoms with Gasteiger partial charge >= 0.3 is 0 Å². The van der Waals surface area contributed by atoms with Gasteiger partial charge in [-0.05, 0) is 43.4 Å². The lowest BCUT2D eigenvalue weighted by Crippen LogP contribution is -2.19. The van der Waals surface area contributed by atoms with Gasteiger partial charge in [-0.1, -0.05) is 35.4 Å². The third kappa shape index (κ3) is 4.08. The monoisotopic (exact) mass is 296 g/mol. The molecule has 0 aromatic heterocycles.